The lowest BCUT2D eigenvalue weighted by atomic mass is 10.1. The quantitative estimate of drug-likeness (QED) is 0.713. The Morgan fingerprint density at radius 2 is 2.50 bits per heavy atom. The number of rotatable bonds is 7. The predicted molar refractivity (Wildman–Crippen MR) is 66.0 cm³/mol. The first-order valence-corrected chi connectivity index (χ1v) is 6.11. The second-order valence-electron chi connectivity index (χ2n) is 4.71. The van der Waals surface area contributed by atoms with Crippen LogP contribution < -0.4 is 5.32 Å². The van der Waals surface area contributed by atoms with Crippen LogP contribution in [-0.2, 0) is 13.6 Å². The molecule has 2 rings (SSSR count). The lowest BCUT2D eigenvalue weighted by Crippen LogP contribution is -2.30. The lowest BCUT2D eigenvalue weighted by Gasteiger charge is -2.16. The number of aryl methyl sites for hydroxylation is 1. The van der Waals surface area contributed by atoms with E-state index >= 15 is 0 Å². The Hall–Kier alpha value is -1.09. The van der Waals surface area contributed by atoms with Crippen molar-refractivity contribution < 1.29 is 0 Å². The van der Waals surface area contributed by atoms with Gasteiger partial charge < -0.3 is 5.32 Å². The summed E-state index contributed by atoms with van der Waals surface area (Å²) in [7, 11) is 1.96. The third-order valence-electron chi connectivity index (χ3n) is 3.20. The fourth-order valence-corrected chi connectivity index (χ4v) is 2.11. The van der Waals surface area contributed by atoms with Gasteiger partial charge in [0.1, 0.15) is 0 Å². The van der Waals surface area contributed by atoms with Crippen LogP contribution in [0.4, 0.5) is 0 Å². The fraction of sp³-hybridized carbons (Fsp3) is 0.615. The van der Waals surface area contributed by atoms with Gasteiger partial charge in [-0.05, 0) is 31.6 Å². The second kappa shape index (κ2) is 5.30. The summed E-state index contributed by atoms with van der Waals surface area (Å²) >= 11 is 0. The molecule has 1 aliphatic rings. The smallest absolute Gasteiger partial charge is 0.0534 e. The molecule has 1 atom stereocenters. The lowest BCUT2D eigenvalue weighted by molar-refractivity contribution is 0.436. The molecule has 0 bridgehead atoms. The van der Waals surface area contributed by atoms with Crippen LogP contribution in [0.1, 0.15) is 31.2 Å². The van der Waals surface area contributed by atoms with Gasteiger partial charge in [-0.3, -0.25) is 4.68 Å². The molecule has 88 valence electrons. The molecule has 1 aliphatic carbocycles. The van der Waals surface area contributed by atoms with Crippen molar-refractivity contribution in [2.45, 2.75) is 38.3 Å². The Bertz CT molecular complexity index is 339. The first-order valence-electron chi connectivity index (χ1n) is 6.11. The van der Waals surface area contributed by atoms with Crippen LogP contribution in [0, 0.1) is 5.92 Å². The van der Waals surface area contributed by atoms with Gasteiger partial charge in [-0.25, -0.2) is 0 Å². The van der Waals surface area contributed by atoms with Crippen LogP contribution in [0.5, 0.6) is 0 Å². The second-order valence-corrected chi connectivity index (χ2v) is 4.71. The van der Waals surface area contributed by atoms with Gasteiger partial charge >= 0.3 is 0 Å². The van der Waals surface area contributed by atoms with E-state index in [1.807, 2.05) is 24.0 Å². The molecular formula is C13H21N3. The molecule has 0 radical (unpaired) electrons. The largest absolute Gasteiger partial charge is 0.310 e. The van der Waals surface area contributed by atoms with Gasteiger partial charge in [-0.1, -0.05) is 6.08 Å². The summed E-state index contributed by atoms with van der Waals surface area (Å²) in [6.07, 6.45) is 11.1. The molecule has 3 heteroatoms. The third kappa shape index (κ3) is 3.20. The van der Waals surface area contributed by atoms with Gasteiger partial charge in [0.25, 0.3) is 0 Å². The molecule has 1 unspecified atom stereocenters. The first-order chi connectivity index (χ1) is 7.79. The Morgan fingerprint density at radius 1 is 1.69 bits per heavy atom. The van der Waals surface area contributed by atoms with Gasteiger partial charge in [-0.15, -0.1) is 6.58 Å². The van der Waals surface area contributed by atoms with Crippen molar-refractivity contribution in [3.05, 3.63) is 30.6 Å². The highest BCUT2D eigenvalue weighted by molar-refractivity contribution is 5.03. The van der Waals surface area contributed by atoms with Crippen LogP contribution in [0.25, 0.3) is 0 Å². The molecule has 3 nitrogen and oxygen atoms in total. The summed E-state index contributed by atoms with van der Waals surface area (Å²) in [6, 6.07) is 0.665. The standard InChI is InChI=1S/C13H21N3/c1-3-4-5-13(12-6-7-12)14-8-11-9-15-16(2)10-11/h3,9-10,12-14H,1,4-8H2,2H3. The Labute approximate surface area is 97.5 Å². The molecule has 16 heavy (non-hydrogen) atoms. The summed E-state index contributed by atoms with van der Waals surface area (Å²) in [4.78, 5) is 0. The molecule has 1 fully saturated rings. The van der Waals surface area contributed by atoms with Crippen molar-refractivity contribution in [1.29, 1.82) is 0 Å². The molecule has 1 N–H and O–H groups in total. The van der Waals surface area contributed by atoms with Crippen LogP contribution in [-0.4, -0.2) is 15.8 Å². The number of allylic oxidation sites excluding steroid dienone is 1. The van der Waals surface area contributed by atoms with E-state index < -0.39 is 0 Å². The molecule has 0 amide bonds. The first kappa shape index (κ1) is 11.4. The van der Waals surface area contributed by atoms with E-state index in [0.717, 1.165) is 18.9 Å². The summed E-state index contributed by atoms with van der Waals surface area (Å²) in [5, 5.41) is 7.82. The summed E-state index contributed by atoms with van der Waals surface area (Å²) in [5.74, 6) is 0.900. The van der Waals surface area contributed by atoms with Crippen molar-refractivity contribution in [3.63, 3.8) is 0 Å². The zero-order valence-corrected chi connectivity index (χ0v) is 10.0. The fourth-order valence-electron chi connectivity index (χ4n) is 2.11. The van der Waals surface area contributed by atoms with Crippen LogP contribution in [0.15, 0.2) is 25.0 Å². The maximum atomic E-state index is 4.18. The topological polar surface area (TPSA) is 29.9 Å². The van der Waals surface area contributed by atoms with Crippen LogP contribution in [0.3, 0.4) is 0 Å². The van der Waals surface area contributed by atoms with E-state index in [2.05, 4.69) is 23.2 Å². The highest BCUT2D eigenvalue weighted by Crippen LogP contribution is 2.34. The SMILES string of the molecule is C=CCCC(NCc1cnn(C)c1)C1CC1. The third-order valence-corrected chi connectivity index (χ3v) is 3.20. The Kier molecular flexibility index (Phi) is 3.78. The molecule has 0 spiro atoms. The van der Waals surface area contributed by atoms with Crippen molar-refractivity contribution in [3.8, 4) is 0 Å². The maximum absolute atomic E-state index is 4.18. The number of nitrogens with one attached hydrogen (secondary N) is 1. The van der Waals surface area contributed by atoms with Gasteiger partial charge in [0.15, 0.2) is 0 Å². The van der Waals surface area contributed by atoms with Crippen molar-refractivity contribution in [1.82, 2.24) is 15.1 Å². The Morgan fingerprint density at radius 3 is 3.06 bits per heavy atom. The van der Waals surface area contributed by atoms with E-state index in [-0.39, 0.29) is 0 Å². The summed E-state index contributed by atoms with van der Waals surface area (Å²) < 4.78 is 1.85. The summed E-state index contributed by atoms with van der Waals surface area (Å²) in [6.45, 7) is 4.73. The highest BCUT2D eigenvalue weighted by Gasteiger charge is 2.30. The summed E-state index contributed by atoms with van der Waals surface area (Å²) in [5.41, 5.74) is 1.27. The molecule has 1 heterocycles. The van der Waals surface area contributed by atoms with E-state index in [0.29, 0.717) is 6.04 Å². The van der Waals surface area contributed by atoms with Crippen molar-refractivity contribution >= 4 is 0 Å². The Balaban J connectivity index is 1.79. The van der Waals surface area contributed by atoms with Crippen LogP contribution >= 0.6 is 0 Å². The maximum Gasteiger partial charge on any atom is 0.0534 e. The number of hydrogen-bond acceptors (Lipinski definition) is 2. The van der Waals surface area contributed by atoms with E-state index in [1.165, 1.54) is 24.8 Å². The van der Waals surface area contributed by atoms with Gasteiger partial charge in [-0.2, -0.15) is 5.10 Å². The average Bonchev–Trinajstić information content (AvgIpc) is 3.03. The molecular weight excluding hydrogens is 198 g/mol. The number of hydrogen-bond donors (Lipinski definition) is 1. The molecule has 0 saturated heterocycles. The molecule has 1 saturated carbocycles. The average molecular weight is 219 g/mol. The molecule has 0 aromatic carbocycles. The normalized spacial score (nSPS) is 17.3. The van der Waals surface area contributed by atoms with Gasteiger partial charge in [0.2, 0.25) is 0 Å². The molecule has 1 aromatic rings. The zero-order valence-electron chi connectivity index (χ0n) is 10.0. The monoisotopic (exact) mass is 219 g/mol. The highest BCUT2D eigenvalue weighted by atomic mass is 15.2. The number of nitrogens with zero attached hydrogens (tertiary/aromatic N) is 2. The van der Waals surface area contributed by atoms with E-state index in [1.54, 1.807) is 0 Å². The zero-order chi connectivity index (χ0) is 11.4. The minimum Gasteiger partial charge on any atom is -0.310 e. The minimum absolute atomic E-state index is 0.665. The van der Waals surface area contributed by atoms with Gasteiger partial charge in [0, 0.05) is 31.4 Å². The number of aromatic nitrogens is 2. The molecule has 1 aromatic heterocycles. The van der Waals surface area contributed by atoms with E-state index in [9.17, 15) is 0 Å². The van der Waals surface area contributed by atoms with Crippen molar-refractivity contribution in [2.75, 3.05) is 0 Å². The van der Waals surface area contributed by atoms with Gasteiger partial charge in [0.05, 0.1) is 6.20 Å². The molecule has 0 aliphatic heterocycles. The van der Waals surface area contributed by atoms with E-state index in [4.69, 9.17) is 0 Å². The van der Waals surface area contributed by atoms with Crippen molar-refractivity contribution in [2.24, 2.45) is 13.0 Å². The van der Waals surface area contributed by atoms with Crippen LogP contribution in [0.2, 0.25) is 0 Å². The predicted octanol–water partition coefficient (Wildman–Crippen LogP) is 2.25. The minimum atomic E-state index is 0.665.